The van der Waals surface area contributed by atoms with Crippen molar-refractivity contribution in [3.8, 4) is 0 Å². The van der Waals surface area contributed by atoms with Crippen molar-refractivity contribution in [2.45, 2.75) is 45.1 Å². The smallest absolute Gasteiger partial charge is 0.335 e. The molecule has 1 aliphatic carbocycles. The number of fused-ring (bicyclic) bond motifs is 2. The third kappa shape index (κ3) is 3.54. The molecule has 0 radical (unpaired) electrons. The number of rotatable bonds is 6. The molecule has 1 aromatic carbocycles. The van der Waals surface area contributed by atoms with Crippen LogP contribution in [0.3, 0.4) is 0 Å². The van der Waals surface area contributed by atoms with E-state index in [1.807, 2.05) is 19.9 Å². The molecule has 0 aromatic heterocycles. The minimum Gasteiger partial charge on any atom is -0.343 e. The molecule has 5 nitrogen and oxygen atoms in total. The minimum absolute atomic E-state index is 0.276. The molecule has 2 aliphatic rings. The zero-order valence-corrected chi connectivity index (χ0v) is 14.8. The summed E-state index contributed by atoms with van der Waals surface area (Å²) in [7, 11) is -3.10. The van der Waals surface area contributed by atoms with Crippen LogP contribution in [0.15, 0.2) is 18.2 Å². The molecule has 0 N–H and O–H groups in total. The van der Waals surface area contributed by atoms with Crippen LogP contribution in [0, 0.1) is 0 Å². The fourth-order valence-electron chi connectivity index (χ4n) is 3.44. The van der Waals surface area contributed by atoms with Crippen molar-refractivity contribution in [3.63, 3.8) is 0 Å². The van der Waals surface area contributed by atoms with Crippen LogP contribution in [-0.4, -0.2) is 26.4 Å². The van der Waals surface area contributed by atoms with Crippen molar-refractivity contribution >= 4 is 7.60 Å². The fraction of sp³-hybridized carbons (Fsp3) is 0.647. The van der Waals surface area contributed by atoms with Gasteiger partial charge in [-0.05, 0) is 43.9 Å². The first-order valence-corrected chi connectivity index (χ1v) is 10.1. The summed E-state index contributed by atoms with van der Waals surface area (Å²) < 4.78 is 35.4. The molecule has 1 aromatic rings. The molecular weight excluding hydrogens is 315 g/mol. The first kappa shape index (κ1) is 17.1. The molecule has 6 heteroatoms. The van der Waals surface area contributed by atoms with Crippen LogP contribution >= 0.6 is 7.60 Å². The Morgan fingerprint density at radius 1 is 1.17 bits per heavy atom. The Hall–Kier alpha value is -0.710. The number of benzene rings is 1. The van der Waals surface area contributed by atoms with Gasteiger partial charge in [-0.3, -0.25) is 4.57 Å². The molecule has 0 saturated carbocycles. The summed E-state index contributed by atoms with van der Waals surface area (Å²) in [6.07, 6.45) is 3.23. The number of hydrogen-bond acceptors (Lipinski definition) is 5. The zero-order valence-electron chi connectivity index (χ0n) is 13.9. The topological polar surface area (TPSA) is 54.0 Å². The van der Waals surface area contributed by atoms with E-state index in [0.717, 1.165) is 30.4 Å². The fourth-order valence-corrected chi connectivity index (χ4v) is 5.13. The van der Waals surface area contributed by atoms with Gasteiger partial charge in [0.15, 0.2) is 5.79 Å². The first-order chi connectivity index (χ1) is 11.1. The van der Waals surface area contributed by atoms with Gasteiger partial charge in [-0.1, -0.05) is 12.1 Å². The largest absolute Gasteiger partial charge is 0.343 e. The summed E-state index contributed by atoms with van der Waals surface area (Å²) >= 11 is 0. The van der Waals surface area contributed by atoms with Crippen LogP contribution < -0.4 is 0 Å². The molecule has 3 rings (SSSR count). The first-order valence-electron chi connectivity index (χ1n) is 8.39. The average Bonchev–Trinajstić information content (AvgIpc) is 2.98. The number of aryl methyl sites for hydroxylation is 1. The molecule has 1 aliphatic heterocycles. The molecule has 0 amide bonds. The summed E-state index contributed by atoms with van der Waals surface area (Å²) in [6.45, 7) is 5.65. The van der Waals surface area contributed by atoms with Crippen LogP contribution in [0.4, 0.5) is 0 Å². The lowest BCUT2D eigenvalue weighted by molar-refractivity contribution is -0.175. The highest BCUT2D eigenvalue weighted by atomic mass is 31.2. The lowest BCUT2D eigenvalue weighted by Gasteiger charge is -2.34. The van der Waals surface area contributed by atoms with Crippen molar-refractivity contribution in [1.82, 2.24) is 0 Å². The second-order valence-electron chi connectivity index (χ2n) is 5.90. The highest BCUT2D eigenvalue weighted by Crippen LogP contribution is 2.52. The third-order valence-electron chi connectivity index (χ3n) is 4.32. The van der Waals surface area contributed by atoms with Crippen molar-refractivity contribution in [1.29, 1.82) is 0 Å². The van der Waals surface area contributed by atoms with E-state index in [-0.39, 0.29) is 6.16 Å². The summed E-state index contributed by atoms with van der Waals surface area (Å²) in [4.78, 5) is 0. The van der Waals surface area contributed by atoms with Crippen molar-refractivity contribution < 1.29 is 23.1 Å². The van der Waals surface area contributed by atoms with Crippen LogP contribution in [0.25, 0.3) is 0 Å². The quantitative estimate of drug-likeness (QED) is 0.733. The van der Waals surface area contributed by atoms with Gasteiger partial charge in [0, 0.05) is 12.0 Å². The predicted molar refractivity (Wildman–Crippen MR) is 87.5 cm³/mol. The Balaban J connectivity index is 1.89. The third-order valence-corrected chi connectivity index (χ3v) is 6.37. The number of ether oxygens (including phenoxy) is 2. The molecule has 0 atom stereocenters. The SMILES string of the molecule is CCOP(=O)(Cc1ccc2c(c1)C1(CCC2)OCCO1)OCC. The molecular formula is C17H25O5P. The predicted octanol–water partition coefficient (Wildman–Crippen LogP) is 3.99. The van der Waals surface area contributed by atoms with Crippen LogP contribution in [-0.2, 0) is 41.5 Å². The average molecular weight is 340 g/mol. The van der Waals surface area contributed by atoms with E-state index in [0.29, 0.717) is 26.4 Å². The second-order valence-corrected chi connectivity index (χ2v) is 7.95. The van der Waals surface area contributed by atoms with E-state index in [2.05, 4.69) is 12.1 Å². The standard InChI is InChI=1S/C17H25O5P/c1-3-21-23(18,22-4-2)13-14-7-8-15-6-5-9-17(16(15)12-14)19-10-11-20-17/h7-8,12H,3-6,9-11,13H2,1-2H3. The lowest BCUT2D eigenvalue weighted by atomic mass is 9.85. The molecule has 1 heterocycles. The van der Waals surface area contributed by atoms with Gasteiger partial charge in [0.05, 0.1) is 32.6 Å². The summed E-state index contributed by atoms with van der Waals surface area (Å²) in [5, 5.41) is 0. The van der Waals surface area contributed by atoms with Gasteiger partial charge in [-0.2, -0.15) is 0 Å². The highest BCUT2D eigenvalue weighted by Gasteiger charge is 2.42. The Morgan fingerprint density at radius 3 is 2.52 bits per heavy atom. The maximum absolute atomic E-state index is 12.8. The molecule has 0 bridgehead atoms. The van der Waals surface area contributed by atoms with Crippen molar-refractivity contribution in [3.05, 3.63) is 34.9 Å². The van der Waals surface area contributed by atoms with E-state index in [9.17, 15) is 4.57 Å². The summed E-state index contributed by atoms with van der Waals surface area (Å²) in [5.74, 6) is -0.606. The van der Waals surface area contributed by atoms with Crippen LogP contribution in [0.5, 0.6) is 0 Å². The maximum atomic E-state index is 12.8. The van der Waals surface area contributed by atoms with E-state index in [4.69, 9.17) is 18.5 Å². The molecule has 0 unspecified atom stereocenters. The molecule has 23 heavy (non-hydrogen) atoms. The van der Waals surface area contributed by atoms with Gasteiger partial charge in [0.1, 0.15) is 0 Å². The Morgan fingerprint density at radius 2 is 1.87 bits per heavy atom. The molecule has 1 fully saturated rings. The van der Waals surface area contributed by atoms with Crippen molar-refractivity contribution in [2.75, 3.05) is 26.4 Å². The molecule has 128 valence electrons. The van der Waals surface area contributed by atoms with Crippen LogP contribution in [0.2, 0.25) is 0 Å². The van der Waals surface area contributed by atoms with Crippen LogP contribution in [0.1, 0.15) is 43.4 Å². The Bertz CT molecular complexity index is 585. The Kier molecular flexibility index (Phi) is 5.24. The molecule has 1 saturated heterocycles. The summed E-state index contributed by atoms with van der Waals surface area (Å²) in [6, 6.07) is 6.17. The molecule has 1 spiro atoms. The van der Waals surface area contributed by atoms with Gasteiger partial charge in [0.25, 0.3) is 0 Å². The normalized spacial score (nSPS) is 19.9. The van der Waals surface area contributed by atoms with Gasteiger partial charge in [-0.15, -0.1) is 0 Å². The minimum atomic E-state index is -3.10. The number of hydrogen-bond donors (Lipinski definition) is 0. The van der Waals surface area contributed by atoms with Crippen molar-refractivity contribution in [2.24, 2.45) is 0 Å². The monoisotopic (exact) mass is 340 g/mol. The van der Waals surface area contributed by atoms with E-state index in [1.165, 1.54) is 5.56 Å². The second kappa shape index (κ2) is 7.04. The summed E-state index contributed by atoms with van der Waals surface area (Å²) in [5.41, 5.74) is 3.28. The van der Waals surface area contributed by atoms with Gasteiger partial charge in [-0.25, -0.2) is 0 Å². The highest BCUT2D eigenvalue weighted by molar-refractivity contribution is 7.53. The Labute approximate surface area is 137 Å². The maximum Gasteiger partial charge on any atom is 0.335 e. The lowest BCUT2D eigenvalue weighted by Crippen LogP contribution is -2.32. The van der Waals surface area contributed by atoms with Gasteiger partial charge < -0.3 is 18.5 Å². The van der Waals surface area contributed by atoms with E-state index in [1.54, 1.807) is 0 Å². The van der Waals surface area contributed by atoms with E-state index < -0.39 is 13.4 Å². The zero-order chi connectivity index (χ0) is 16.3. The van der Waals surface area contributed by atoms with Gasteiger partial charge in [0.2, 0.25) is 0 Å². The van der Waals surface area contributed by atoms with Gasteiger partial charge >= 0.3 is 7.60 Å². The van der Waals surface area contributed by atoms with E-state index >= 15 is 0 Å².